The fraction of sp³-hybridized carbons (Fsp3) is 0.400. The van der Waals surface area contributed by atoms with Crippen LogP contribution in [0.1, 0.15) is 12.8 Å². The maximum absolute atomic E-state index is 12.1. The lowest BCUT2D eigenvalue weighted by Crippen LogP contribution is -1.99. The molecule has 0 radical (unpaired) electrons. The molecule has 14 heavy (non-hydrogen) atoms. The molecular weight excluding hydrogens is 262 g/mol. The van der Waals surface area contributed by atoms with Crippen molar-refractivity contribution in [2.45, 2.75) is 12.8 Å². The van der Waals surface area contributed by atoms with Gasteiger partial charge in [0.05, 0.1) is 15.4 Å². The molecule has 0 aliphatic carbocycles. The predicted molar refractivity (Wildman–Crippen MR) is 63.3 cm³/mol. The third kappa shape index (κ3) is 2.17. The van der Waals surface area contributed by atoms with Crippen LogP contribution in [0.3, 0.4) is 0 Å². The quantitative estimate of drug-likeness (QED) is 0.772. The largest absolute Gasteiger partial charge is 0.249 e. The Balaban J connectivity index is 2.43. The van der Waals surface area contributed by atoms with E-state index in [1.165, 1.54) is 0 Å². The first-order valence-corrected chi connectivity index (χ1v) is 7.31. The zero-order chi connectivity index (χ0) is 10.0. The molecule has 2 rings (SSSR count). The van der Waals surface area contributed by atoms with E-state index in [-0.39, 0.29) is 0 Å². The second kappa shape index (κ2) is 4.03. The molecule has 0 unspecified atom stereocenters. The van der Waals surface area contributed by atoms with E-state index in [9.17, 15) is 4.21 Å². The molecule has 1 heterocycles. The van der Waals surface area contributed by atoms with Crippen LogP contribution in [-0.2, 0) is 9.73 Å². The topological polar surface area (TPSA) is 29.4 Å². The molecule has 1 aromatic carbocycles. The minimum absolute atomic E-state index is 0.758. The standard InChI is InChI=1S/C10H12BrNOS/c11-9-5-1-2-6-10(9)12-14(13)7-3-4-8-14/h1-2,5-6H,3-4,7-8H2. The second-order valence-corrected chi connectivity index (χ2v) is 6.83. The SMILES string of the molecule is O=S1(=Nc2ccccc2Br)CCCC1. The highest BCUT2D eigenvalue weighted by Crippen LogP contribution is 2.27. The van der Waals surface area contributed by atoms with Crippen molar-refractivity contribution in [2.75, 3.05) is 11.5 Å². The van der Waals surface area contributed by atoms with Gasteiger partial charge in [-0.1, -0.05) is 12.1 Å². The molecule has 0 N–H and O–H groups in total. The Labute approximate surface area is 93.0 Å². The molecule has 0 bridgehead atoms. The van der Waals surface area contributed by atoms with Crippen molar-refractivity contribution in [3.63, 3.8) is 0 Å². The van der Waals surface area contributed by atoms with Gasteiger partial charge in [0.2, 0.25) is 0 Å². The lowest BCUT2D eigenvalue weighted by molar-refractivity contribution is 0.681. The van der Waals surface area contributed by atoms with Crippen molar-refractivity contribution in [3.05, 3.63) is 28.7 Å². The van der Waals surface area contributed by atoms with Crippen LogP contribution < -0.4 is 0 Å². The summed E-state index contributed by atoms with van der Waals surface area (Å²) in [5.74, 6) is 1.52. The van der Waals surface area contributed by atoms with Crippen LogP contribution in [0.4, 0.5) is 5.69 Å². The summed E-state index contributed by atoms with van der Waals surface area (Å²) in [4.78, 5) is 0. The zero-order valence-corrected chi connectivity index (χ0v) is 10.2. The monoisotopic (exact) mass is 273 g/mol. The fourth-order valence-electron chi connectivity index (χ4n) is 1.55. The van der Waals surface area contributed by atoms with Gasteiger partial charge in [-0.05, 0) is 40.9 Å². The van der Waals surface area contributed by atoms with Crippen LogP contribution >= 0.6 is 15.9 Å². The van der Waals surface area contributed by atoms with Gasteiger partial charge in [0.1, 0.15) is 0 Å². The number of benzene rings is 1. The van der Waals surface area contributed by atoms with Crippen LogP contribution in [0, 0.1) is 0 Å². The van der Waals surface area contributed by atoms with E-state index in [0.29, 0.717) is 0 Å². The summed E-state index contributed by atoms with van der Waals surface area (Å²) in [6.07, 6.45) is 2.10. The number of hydrogen-bond acceptors (Lipinski definition) is 2. The minimum Gasteiger partial charge on any atom is -0.249 e. The number of halogens is 1. The Hall–Kier alpha value is -0.350. The Morgan fingerprint density at radius 2 is 1.86 bits per heavy atom. The highest BCUT2D eigenvalue weighted by molar-refractivity contribution is 9.10. The van der Waals surface area contributed by atoms with Gasteiger partial charge in [-0.3, -0.25) is 0 Å². The van der Waals surface area contributed by atoms with E-state index in [2.05, 4.69) is 20.3 Å². The molecule has 0 aromatic heterocycles. The molecule has 76 valence electrons. The lowest BCUT2D eigenvalue weighted by Gasteiger charge is -2.01. The maximum Gasteiger partial charge on any atom is 0.0872 e. The van der Waals surface area contributed by atoms with E-state index in [1.807, 2.05) is 24.3 Å². The number of hydrogen-bond donors (Lipinski definition) is 0. The molecule has 1 saturated heterocycles. The van der Waals surface area contributed by atoms with Crippen molar-refractivity contribution < 1.29 is 4.21 Å². The molecule has 0 amide bonds. The van der Waals surface area contributed by atoms with Gasteiger partial charge in [-0.15, -0.1) is 0 Å². The van der Waals surface area contributed by atoms with Crippen molar-refractivity contribution in [1.29, 1.82) is 0 Å². The maximum atomic E-state index is 12.1. The third-order valence-electron chi connectivity index (χ3n) is 2.29. The molecular formula is C10H12BrNOS. The summed E-state index contributed by atoms with van der Waals surface area (Å²) >= 11 is 3.41. The highest BCUT2D eigenvalue weighted by atomic mass is 79.9. The zero-order valence-electron chi connectivity index (χ0n) is 7.78. The van der Waals surface area contributed by atoms with Crippen molar-refractivity contribution in [2.24, 2.45) is 4.36 Å². The highest BCUT2D eigenvalue weighted by Gasteiger charge is 2.16. The van der Waals surface area contributed by atoms with Gasteiger partial charge in [0.15, 0.2) is 0 Å². The molecule has 1 aliphatic heterocycles. The fourth-order valence-corrected chi connectivity index (χ4v) is 4.26. The molecule has 0 atom stereocenters. The van der Waals surface area contributed by atoms with Gasteiger partial charge in [-0.25, -0.2) is 4.21 Å². The first-order valence-electron chi connectivity index (χ1n) is 4.67. The van der Waals surface area contributed by atoms with Gasteiger partial charge >= 0.3 is 0 Å². The van der Waals surface area contributed by atoms with E-state index >= 15 is 0 Å². The smallest absolute Gasteiger partial charge is 0.0872 e. The molecule has 0 saturated carbocycles. The summed E-state index contributed by atoms with van der Waals surface area (Å²) in [6, 6.07) is 7.68. The minimum atomic E-state index is -1.93. The van der Waals surface area contributed by atoms with Gasteiger partial charge in [0.25, 0.3) is 0 Å². The molecule has 2 nitrogen and oxygen atoms in total. The third-order valence-corrected chi connectivity index (χ3v) is 5.35. The summed E-state index contributed by atoms with van der Waals surface area (Å²) in [5.41, 5.74) is 0.819. The van der Waals surface area contributed by atoms with E-state index in [1.54, 1.807) is 0 Å². The van der Waals surface area contributed by atoms with Crippen LogP contribution in [-0.4, -0.2) is 15.7 Å². The first-order chi connectivity index (χ1) is 6.70. The molecule has 4 heteroatoms. The van der Waals surface area contributed by atoms with Crippen molar-refractivity contribution >= 4 is 31.3 Å². The van der Waals surface area contributed by atoms with E-state index in [0.717, 1.165) is 34.5 Å². The van der Waals surface area contributed by atoms with Crippen molar-refractivity contribution in [3.8, 4) is 0 Å². The Bertz CT molecular complexity index is 437. The second-order valence-electron chi connectivity index (χ2n) is 3.43. The Kier molecular flexibility index (Phi) is 2.93. The summed E-state index contributed by atoms with van der Waals surface area (Å²) in [5, 5.41) is 0. The molecule has 1 aliphatic rings. The molecule has 1 fully saturated rings. The van der Waals surface area contributed by atoms with Gasteiger partial charge < -0.3 is 0 Å². The van der Waals surface area contributed by atoms with Crippen LogP contribution in [0.25, 0.3) is 0 Å². The average molecular weight is 274 g/mol. The van der Waals surface area contributed by atoms with Crippen molar-refractivity contribution in [1.82, 2.24) is 0 Å². The predicted octanol–water partition coefficient (Wildman–Crippen LogP) is 3.34. The summed E-state index contributed by atoms with van der Waals surface area (Å²) in [6.45, 7) is 0. The molecule has 0 spiro atoms. The average Bonchev–Trinajstić information content (AvgIpc) is 2.57. The van der Waals surface area contributed by atoms with Crippen LogP contribution in [0.2, 0.25) is 0 Å². The van der Waals surface area contributed by atoms with E-state index < -0.39 is 9.73 Å². The lowest BCUT2D eigenvalue weighted by atomic mass is 10.3. The Morgan fingerprint density at radius 3 is 2.50 bits per heavy atom. The first kappa shape index (κ1) is 10.2. The van der Waals surface area contributed by atoms with E-state index in [4.69, 9.17) is 0 Å². The summed E-state index contributed by atoms with van der Waals surface area (Å²) in [7, 11) is -1.93. The number of nitrogens with zero attached hydrogens (tertiary/aromatic N) is 1. The summed E-state index contributed by atoms with van der Waals surface area (Å²) < 4.78 is 17.4. The number of rotatable bonds is 1. The van der Waals surface area contributed by atoms with Crippen LogP contribution in [0.5, 0.6) is 0 Å². The van der Waals surface area contributed by atoms with Crippen LogP contribution in [0.15, 0.2) is 33.1 Å². The Morgan fingerprint density at radius 1 is 1.21 bits per heavy atom. The van der Waals surface area contributed by atoms with Gasteiger partial charge in [-0.2, -0.15) is 4.36 Å². The normalized spacial score (nSPS) is 19.5. The molecule has 1 aromatic rings. The van der Waals surface area contributed by atoms with Gasteiger partial charge in [0, 0.05) is 16.0 Å².